The van der Waals surface area contributed by atoms with Crippen molar-refractivity contribution in [3.05, 3.63) is 59.7 Å². The summed E-state index contributed by atoms with van der Waals surface area (Å²) in [4.78, 5) is 0. The number of nitrogens with zero attached hydrogens (tertiary/aromatic N) is 1. The average molecular weight is 321 g/mol. The Morgan fingerprint density at radius 3 is 2.73 bits per heavy atom. The van der Waals surface area contributed by atoms with Crippen LogP contribution in [0, 0.1) is 11.6 Å². The molecule has 0 amide bonds. The molecule has 22 heavy (non-hydrogen) atoms. The van der Waals surface area contributed by atoms with E-state index in [1.165, 1.54) is 12.3 Å². The molecule has 0 spiro atoms. The summed E-state index contributed by atoms with van der Waals surface area (Å²) in [7, 11) is 1.55. The summed E-state index contributed by atoms with van der Waals surface area (Å²) >= 11 is 5.07. The molecule has 4 nitrogen and oxygen atoms in total. The van der Waals surface area contributed by atoms with Crippen LogP contribution in [-0.4, -0.2) is 18.4 Å². The summed E-state index contributed by atoms with van der Waals surface area (Å²) in [6.45, 7) is 0. The SMILES string of the molecule is COc1ccccc1NC(=S)N/N=C\c1ccc(F)cc1F. The molecule has 2 aromatic rings. The van der Waals surface area contributed by atoms with Gasteiger partial charge in [0.1, 0.15) is 17.4 Å². The second-order valence-electron chi connectivity index (χ2n) is 4.19. The van der Waals surface area contributed by atoms with Gasteiger partial charge in [-0.2, -0.15) is 5.10 Å². The van der Waals surface area contributed by atoms with Gasteiger partial charge in [-0.25, -0.2) is 8.78 Å². The van der Waals surface area contributed by atoms with Crippen LogP contribution in [0.1, 0.15) is 5.56 Å². The van der Waals surface area contributed by atoms with Crippen LogP contribution >= 0.6 is 12.2 Å². The molecule has 0 fully saturated rings. The lowest BCUT2D eigenvalue weighted by Crippen LogP contribution is -2.24. The van der Waals surface area contributed by atoms with Crippen LogP contribution in [0.2, 0.25) is 0 Å². The largest absolute Gasteiger partial charge is 0.495 e. The number of ether oxygens (including phenoxy) is 1. The van der Waals surface area contributed by atoms with Crippen molar-refractivity contribution in [3.8, 4) is 5.75 Å². The van der Waals surface area contributed by atoms with E-state index >= 15 is 0 Å². The lowest BCUT2D eigenvalue weighted by Gasteiger charge is -2.10. The third kappa shape index (κ3) is 4.23. The smallest absolute Gasteiger partial charge is 0.191 e. The van der Waals surface area contributed by atoms with Gasteiger partial charge in [0.25, 0.3) is 0 Å². The lowest BCUT2D eigenvalue weighted by molar-refractivity contribution is 0.417. The highest BCUT2D eigenvalue weighted by Gasteiger charge is 2.03. The van der Waals surface area contributed by atoms with E-state index < -0.39 is 11.6 Å². The fraction of sp³-hybridized carbons (Fsp3) is 0.0667. The minimum Gasteiger partial charge on any atom is -0.495 e. The molecule has 0 heterocycles. The first-order valence-corrected chi connectivity index (χ1v) is 6.69. The Hall–Kier alpha value is -2.54. The van der Waals surface area contributed by atoms with E-state index in [0.29, 0.717) is 11.4 Å². The fourth-order valence-corrected chi connectivity index (χ4v) is 1.83. The summed E-state index contributed by atoms with van der Waals surface area (Å²) in [6.07, 6.45) is 1.21. The standard InChI is InChI=1S/C15H13F2N3OS/c1-21-14-5-3-2-4-13(14)19-15(22)20-18-9-10-6-7-11(16)8-12(10)17/h2-9H,1H3,(H2,19,20,22)/b18-9-. The van der Waals surface area contributed by atoms with Crippen LogP contribution in [0.3, 0.4) is 0 Å². The molecule has 2 rings (SSSR count). The van der Waals surface area contributed by atoms with Crippen LogP contribution in [0.4, 0.5) is 14.5 Å². The van der Waals surface area contributed by atoms with Gasteiger partial charge < -0.3 is 10.1 Å². The van der Waals surface area contributed by atoms with Gasteiger partial charge in [0, 0.05) is 11.6 Å². The lowest BCUT2D eigenvalue weighted by atomic mass is 10.2. The molecule has 0 saturated heterocycles. The molecule has 0 radical (unpaired) electrons. The van der Waals surface area contributed by atoms with E-state index in [1.807, 2.05) is 12.1 Å². The molecule has 0 saturated carbocycles. The number of hydrogen-bond acceptors (Lipinski definition) is 3. The maximum Gasteiger partial charge on any atom is 0.191 e. The molecular formula is C15H13F2N3OS. The number of hydrazone groups is 1. The number of nitrogens with one attached hydrogen (secondary N) is 2. The Bertz CT molecular complexity index is 707. The number of anilines is 1. The van der Waals surface area contributed by atoms with Crippen molar-refractivity contribution in [1.82, 2.24) is 5.43 Å². The number of hydrogen-bond donors (Lipinski definition) is 2. The van der Waals surface area contributed by atoms with Gasteiger partial charge in [0.05, 0.1) is 19.0 Å². The average Bonchev–Trinajstić information content (AvgIpc) is 2.50. The normalized spacial score (nSPS) is 10.5. The van der Waals surface area contributed by atoms with Crippen LogP contribution in [-0.2, 0) is 0 Å². The molecule has 0 aromatic heterocycles. The van der Waals surface area contributed by atoms with Crippen molar-refractivity contribution in [2.45, 2.75) is 0 Å². The van der Waals surface area contributed by atoms with Crippen LogP contribution in [0.25, 0.3) is 0 Å². The predicted octanol–water partition coefficient (Wildman–Crippen LogP) is 3.29. The number of halogens is 2. The first kappa shape index (κ1) is 15.8. The maximum absolute atomic E-state index is 13.4. The van der Waals surface area contributed by atoms with Gasteiger partial charge in [-0.3, -0.25) is 5.43 Å². The van der Waals surface area contributed by atoms with Gasteiger partial charge in [-0.1, -0.05) is 12.1 Å². The third-order valence-electron chi connectivity index (χ3n) is 2.69. The van der Waals surface area contributed by atoms with Crippen LogP contribution in [0.15, 0.2) is 47.6 Å². The summed E-state index contributed by atoms with van der Waals surface area (Å²) in [5, 5.41) is 6.91. The van der Waals surface area contributed by atoms with Crippen molar-refractivity contribution < 1.29 is 13.5 Å². The van der Waals surface area contributed by atoms with Crippen molar-refractivity contribution in [2.24, 2.45) is 5.10 Å². The minimum absolute atomic E-state index is 0.147. The van der Waals surface area contributed by atoms with E-state index in [1.54, 1.807) is 19.2 Å². The zero-order valence-corrected chi connectivity index (χ0v) is 12.5. The fourth-order valence-electron chi connectivity index (χ4n) is 1.66. The Kier molecular flexibility index (Phi) is 5.37. The molecule has 0 aliphatic carbocycles. The van der Waals surface area contributed by atoms with Gasteiger partial charge in [0.15, 0.2) is 5.11 Å². The molecular weight excluding hydrogens is 308 g/mol. The molecule has 0 aliphatic rings. The number of methoxy groups -OCH3 is 1. The zero-order chi connectivity index (χ0) is 15.9. The summed E-state index contributed by atoms with van der Waals surface area (Å²) in [5.41, 5.74) is 3.37. The maximum atomic E-state index is 13.4. The quantitative estimate of drug-likeness (QED) is 0.515. The van der Waals surface area contributed by atoms with E-state index in [0.717, 1.165) is 12.1 Å². The second kappa shape index (κ2) is 7.46. The highest BCUT2D eigenvalue weighted by Crippen LogP contribution is 2.22. The molecule has 7 heteroatoms. The number of para-hydroxylation sites is 2. The van der Waals surface area contributed by atoms with Crippen molar-refractivity contribution >= 4 is 29.2 Å². The van der Waals surface area contributed by atoms with Crippen LogP contribution in [0.5, 0.6) is 5.75 Å². The van der Waals surface area contributed by atoms with Crippen molar-refractivity contribution in [2.75, 3.05) is 12.4 Å². The molecule has 0 atom stereocenters. The molecule has 2 N–H and O–H groups in total. The van der Waals surface area contributed by atoms with E-state index in [2.05, 4.69) is 15.8 Å². The Morgan fingerprint density at radius 2 is 2.00 bits per heavy atom. The first-order valence-electron chi connectivity index (χ1n) is 6.28. The Morgan fingerprint density at radius 1 is 1.23 bits per heavy atom. The highest BCUT2D eigenvalue weighted by molar-refractivity contribution is 7.80. The minimum atomic E-state index is -0.700. The molecule has 0 bridgehead atoms. The third-order valence-corrected chi connectivity index (χ3v) is 2.88. The van der Waals surface area contributed by atoms with Crippen molar-refractivity contribution in [3.63, 3.8) is 0 Å². The van der Waals surface area contributed by atoms with E-state index in [4.69, 9.17) is 17.0 Å². The highest BCUT2D eigenvalue weighted by atomic mass is 32.1. The number of benzene rings is 2. The first-order chi connectivity index (χ1) is 10.6. The topological polar surface area (TPSA) is 45.6 Å². The molecule has 0 unspecified atom stereocenters. The summed E-state index contributed by atoms with van der Waals surface area (Å²) in [6, 6.07) is 10.4. The van der Waals surface area contributed by atoms with Gasteiger partial charge >= 0.3 is 0 Å². The monoisotopic (exact) mass is 321 g/mol. The van der Waals surface area contributed by atoms with Crippen molar-refractivity contribution in [1.29, 1.82) is 0 Å². The second-order valence-corrected chi connectivity index (χ2v) is 4.60. The summed E-state index contributed by atoms with van der Waals surface area (Å²) < 4.78 is 31.3. The van der Waals surface area contributed by atoms with Gasteiger partial charge in [-0.15, -0.1) is 0 Å². The zero-order valence-electron chi connectivity index (χ0n) is 11.6. The number of thiocarbonyl (C=S) groups is 1. The Balaban J connectivity index is 1.96. The van der Waals surface area contributed by atoms with Gasteiger partial charge in [0.2, 0.25) is 0 Å². The summed E-state index contributed by atoms with van der Waals surface area (Å²) in [5.74, 6) is -0.717. The molecule has 0 aliphatic heterocycles. The predicted molar refractivity (Wildman–Crippen MR) is 86.3 cm³/mol. The van der Waals surface area contributed by atoms with E-state index in [-0.39, 0.29) is 10.7 Å². The Labute approximate surface area is 131 Å². The van der Waals surface area contributed by atoms with Crippen LogP contribution < -0.4 is 15.5 Å². The van der Waals surface area contributed by atoms with E-state index in [9.17, 15) is 8.78 Å². The number of rotatable bonds is 4. The van der Waals surface area contributed by atoms with Gasteiger partial charge in [-0.05, 0) is 36.5 Å². The molecule has 2 aromatic carbocycles. The molecule has 114 valence electrons.